The van der Waals surface area contributed by atoms with Gasteiger partial charge in [0.2, 0.25) is 18.2 Å². The number of alkyl carbamates (subject to hydrolysis) is 1. The third-order valence-corrected chi connectivity index (χ3v) is 7.86. The van der Waals surface area contributed by atoms with E-state index in [1.54, 1.807) is 25.1 Å². The maximum Gasteiger partial charge on any atom is 0.407 e. The molecule has 0 saturated carbocycles. The maximum atomic E-state index is 13.3. The van der Waals surface area contributed by atoms with Gasteiger partial charge in [0.25, 0.3) is 5.91 Å². The number of benzene rings is 1. The van der Waals surface area contributed by atoms with Gasteiger partial charge in [-0.15, -0.1) is 0 Å². The number of aryl methyl sites for hydroxylation is 1. The molecule has 1 fully saturated rings. The Morgan fingerprint density at radius 1 is 1.29 bits per heavy atom. The van der Waals surface area contributed by atoms with Gasteiger partial charge >= 0.3 is 6.09 Å². The minimum atomic E-state index is -1.06. The molecule has 5 N–H and O–H groups in total. The Kier molecular flexibility index (Phi) is 10.3. The van der Waals surface area contributed by atoms with Crippen LogP contribution in [0, 0.1) is 6.92 Å². The fourth-order valence-electron chi connectivity index (χ4n) is 4.33. The topological polar surface area (TPSA) is 169 Å². The van der Waals surface area contributed by atoms with Crippen LogP contribution in [0.4, 0.5) is 10.5 Å². The van der Waals surface area contributed by atoms with Crippen molar-refractivity contribution >= 4 is 44.0 Å². The Balaban J connectivity index is 1.45. The van der Waals surface area contributed by atoms with E-state index in [0.29, 0.717) is 36.8 Å². The molecule has 1 aromatic rings. The summed E-state index contributed by atoms with van der Waals surface area (Å²) in [6.45, 7) is 4.51. The lowest BCUT2D eigenvalue weighted by Crippen LogP contribution is -2.54. The highest BCUT2D eigenvalue weighted by atomic mass is 31.1. The molecule has 2 aliphatic heterocycles. The summed E-state index contributed by atoms with van der Waals surface area (Å²) < 4.78 is 10.7. The second-order valence-electron chi connectivity index (χ2n) is 9.40. The van der Waals surface area contributed by atoms with Gasteiger partial charge in [0.1, 0.15) is 12.6 Å². The average molecular weight is 548 g/mol. The number of ether oxygens (including phenoxy) is 2. The summed E-state index contributed by atoms with van der Waals surface area (Å²) in [5.41, 5.74) is 6.91. The number of rotatable bonds is 11. The van der Waals surface area contributed by atoms with Crippen molar-refractivity contribution in [1.29, 1.82) is 0 Å². The van der Waals surface area contributed by atoms with Crippen molar-refractivity contribution in [3.63, 3.8) is 0 Å². The van der Waals surface area contributed by atoms with Gasteiger partial charge in [0, 0.05) is 30.4 Å². The minimum absolute atomic E-state index is 0.0428. The van der Waals surface area contributed by atoms with E-state index in [1.807, 2.05) is 18.8 Å². The molecule has 0 aromatic heterocycles. The number of carbonyl (C=O) groups is 5. The van der Waals surface area contributed by atoms with Gasteiger partial charge < -0.3 is 25.6 Å². The van der Waals surface area contributed by atoms with E-state index in [2.05, 4.69) is 16.0 Å². The predicted molar refractivity (Wildman–Crippen MR) is 142 cm³/mol. The summed E-state index contributed by atoms with van der Waals surface area (Å²) in [7, 11) is -0.727. The van der Waals surface area contributed by atoms with Gasteiger partial charge in [-0.25, -0.2) is 4.79 Å². The van der Waals surface area contributed by atoms with E-state index in [4.69, 9.17) is 15.0 Å². The lowest BCUT2D eigenvalue weighted by Gasteiger charge is -2.33. The fourth-order valence-corrected chi connectivity index (χ4v) is 5.83. The number of carbonyl (C=O) groups excluding carboxylic acids is 5. The Morgan fingerprint density at radius 3 is 2.79 bits per heavy atom. The zero-order chi connectivity index (χ0) is 27.7. The summed E-state index contributed by atoms with van der Waals surface area (Å²) in [6, 6.07) is 4.12. The van der Waals surface area contributed by atoms with Gasteiger partial charge in [-0.05, 0) is 46.4 Å². The molecular formula is C25H34N5O7P. The lowest BCUT2D eigenvalue weighted by molar-refractivity contribution is -0.139. The van der Waals surface area contributed by atoms with E-state index >= 15 is 0 Å². The third kappa shape index (κ3) is 7.83. The molecule has 1 saturated heterocycles. The molecular weight excluding hydrogens is 513 g/mol. The highest BCUT2D eigenvalue weighted by molar-refractivity contribution is 7.58. The standard InChI is InChI=1S/C25H34N5O7P/c1-17-5-3-6-18(21(17)23(34)30(16-31)19-7-8-20(32)28-22(19)33)27-10-11-36-12-13-37-24(35)29-25(2)9-4-14-38(26)15-25/h3-6,14,16,19,27H,7-13,15,26H2,1-2H3,(H,29,35)(H,28,32,33). The Labute approximate surface area is 222 Å². The molecule has 206 valence electrons. The number of hydrogen-bond donors (Lipinski definition) is 4. The van der Waals surface area contributed by atoms with E-state index in [0.717, 1.165) is 4.90 Å². The van der Waals surface area contributed by atoms with Crippen LogP contribution < -0.4 is 21.5 Å². The van der Waals surface area contributed by atoms with Gasteiger partial charge in [-0.1, -0.05) is 24.0 Å². The van der Waals surface area contributed by atoms with E-state index in [9.17, 15) is 24.0 Å². The monoisotopic (exact) mass is 547 g/mol. The van der Waals surface area contributed by atoms with E-state index in [-0.39, 0.29) is 38.2 Å². The second-order valence-corrected chi connectivity index (χ2v) is 11.0. The van der Waals surface area contributed by atoms with Crippen molar-refractivity contribution in [2.24, 2.45) is 5.50 Å². The third-order valence-electron chi connectivity index (χ3n) is 6.20. The van der Waals surface area contributed by atoms with Crippen LogP contribution in [0.2, 0.25) is 0 Å². The molecule has 2 aliphatic rings. The van der Waals surface area contributed by atoms with Crippen molar-refractivity contribution in [2.45, 2.75) is 44.7 Å². The number of nitrogens with one attached hydrogen (secondary N) is 3. The SMILES string of the molecule is Cc1cccc(NCCOCCOC(=O)NC2(C)CC=CP(N)C2)c1C(=O)N(C=O)C1CCC(=O)NC1=O. The first kappa shape index (κ1) is 29.2. The average Bonchev–Trinajstić information content (AvgIpc) is 2.84. The second kappa shape index (κ2) is 13.5. The number of imide groups is 2. The molecule has 0 bridgehead atoms. The van der Waals surface area contributed by atoms with Crippen molar-refractivity contribution in [2.75, 3.05) is 37.8 Å². The normalized spacial score (nSPS) is 22.8. The molecule has 0 spiro atoms. The van der Waals surface area contributed by atoms with Crippen molar-refractivity contribution in [3.8, 4) is 0 Å². The highest BCUT2D eigenvalue weighted by Gasteiger charge is 2.36. The molecule has 0 aliphatic carbocycles. The summed E-state index contributed by atoms with van der Waals surface area (Å²) in [5.74, 6) is 0.233. The molecule has 3 atom stereocenters. The summed E-state index contributed by atoms with van der Waals surface area (Å²) in [4.78, 5) is 61.6. The predicted octanol–water partition coefficient (Wildman–Crippen LogP) is 1.59. The molecule has 2 heterocycles. The Hall–Kier alpha value is -3.34. The van der Waals surface area contributed by atoms with Crippen LogP contribution in [-0.4, -0.2) is 79.2 Å². The van der Waals surface area contributed by atoms with Gasteiger partial charge in [-0.2, -0.15) is 0 Å². The molecule has 1 aromatic carbocycles. The number of piperidine rings is 1. The largest absolute Gasteiger partial charge is 0.447 e. The van der Waals surface area contributed by atoms with Crippen molar-refractivity contribution in [1.82, 2.24) is 15.5 Å². The highest BCUT2D eigenvalue weighted by Crippen LogP contribution is 2.38. The van der Waals surface area contributed by atoms with Crippen LogP contribution in [0.15, 0.2) is 30.1 Å². The minimum Gasteiger partial charge on any atom is -0.447 e. The quantitative estimate of drug-likeness (QED) is 0.139. The Morgan fingerprint density at radius 2 is 2.08 bits per heavy atom. The molecule has 13 heteroatoms. The van der Waals surface area contributed by atoms with E-state index in [1.165, 1.54) is 0 Å². The van der Waals surface area contributed by atoms with E-state index < -0.39 is 43.5 Å². The molecule has 5 amide bonds. The van der Waals surface area contributed by atoms with Crippen LogP contribution in [0.3, 0.4) is 0 Å². The number of nitrogens with zero attached hydrogens (tertiary/aromatic N) is 1. The zero-order valence-corrected chi connectivity index (χ0v) is 22.4. The molecule has 12 nitrogen and oxygen atoms in total. The summed E-state index contributed by atoms with van der Waals surface area (Å²) in [6.07, 6.45) is 3.28. The van der Waals surface area contributed by atoms with Gasteiger partial charge in [-0.3, -0.25) is 29.4 Å². The van der Waals surface area contributed by atoms with Crippen LogP contribution in [-0.2, 0) is 23.9 Å². The van der Waals surface area contributed by atoms with Crippen molar-refractivity contribution in [3.05, 3.63) is 41.2 Å². The smallest absolute Gasteiger partial charge is 0.407 e. The van der Waals surface area contributed by atoms with Crippen LogP contribution >= 0.6 is 8.07 Å². The number of amides is 5. The summed E-state index contributed by atoms with van der Waals surface area (Å²) >= 11 is 0. The van der Waals surface area contributed by atoms with Gasteiger partial charge in [0.05, 0.1) is 18.8 Å². The fraction of sp³-hybridized carbons (Fsp3) is 0.480. The number of nitrogens with two attached hydrogens (primary N) is 1. The van der Waals surface area contributed by atoms with Crippen molar-refractivity contribution < 1.29 is 33.4 Å². The first-order chi connectivity index (χ1) is 18.1. The molecule has 38 heavy (non-hydrogen) atoms. The maximum absolute atomic E-state index is 13.3. The lowest BCUT2D eigenvalue weighted by atomic mass is 10.0. The molecule has 0 radical (unpaired) electrons. The molecule has 3 unspecified atom stereocenters. The summed E-state index contributed by atoms with van der Waals surface area (Å²) in [5, 5.41) is 8.15. The number of anilines is 1. The Bertz CT molecular complexity index is 1100. The number of hydrogen-bond acceptors (Lipinski definition) is 9. The molecule has 3 rings (SSSR count). The van der Waals surface area contributed by atoms with Crippen LogP contribution in [0.5, 0.6) is 0 Å². The van der Waals surface area contributed by atoms with Crippen LogP contribution in [0.25, 0.3) is 0 Å². The van der Waals surface area contributed by atoms with Gasteiger partial charge in [0.15, 0.2) is 0 Å². The first-order valence-electron chi connectivity index (χ1n) is 12.3. The zero-order valence-electron chi connectivity index (χ0n) is 21.5. The van der Waals surface area contributed by atoms with Crippen LogP contribution in [0.1, 0.15) is 42.1 Å². The first-order valence-corrected chi connectivity index (χ1v) is 14.0.